The quantitative estimate of drug-likeness (QED) is 0.771. The number of hydrogen-bond donors (Lipinski definition) is 1. The van der Waals surface area contributed by atoms with Crippen molar-refractivity contribution in [1.29, 1.82) is 0 Å². The van der Waals surface area contributed by atoms with Crippen LogP contribution in [0.1, 0.15) is 24.1 Å². The molecule has 0 radical (unpaired) electrons. The van der Waals surface area contributed by atoms with Crippen molar-refractivity contribution in [2.45, 2.75) is 19.5 Å². The van der Waals surface area contributed by atoms with Gasteiger partial charge in [0, 0.05) is 22.8 Å². The summed E-state index contributed by atoms with van der Waals surface area (Å²) in [6, 6.07) is 13.1. The fourth-order valence-electron chi connectivity index (χ4n) is 2.64. The van der Waals surface area contributed by atoms with E-state index in [9.17, 15) is 0 Å². The van der Waals surface area contributed by atoms with Gasteiger partial charge in [-0.15, -0.1) is 0 Å². The molecule has 1 aromatic heterocycles. The monoisotopic (exact) mass is 343 g/mol. The number of halogens is 1. The molecule has 0 saturated heterocycles. The minimum atomic E-state index is 0.165. The maximum absolute atomic E-state index is 4.37. The first kappa shape index (κ1) is 14.3. The second-order valence-corrected chi connectivity index (χ2v) is 6.02. The van der Waals surface area contributed by atoms with Crippen LogP contribution in [0.3, 0.4) is 0 Å². The summed E-state index contributed by atoms with van der Waals surface area (Å²) in [6.07, 6.45) is 4.05. The Morgan fingerprint density at radius 1 is 1.14 bits per heavy atom. The fourth-order valence-corrected chi connectivity index (χ4v) is 3.02. The highest BCUT2D eigenvalue weighted by molar-refractivity contribution is 9.10. The van der Waals surface area contributed by atoms with Gasteiger partial charge in [0.2, 0.25) is 0 Å². The van der Waals surface area contributed by atoms with E-state index in [1.807, 2.05) is 17.9 Å². The third-order valence-corrected chi connectivity index (χ3v) is 4.25. The minimum Gasteiger partial charge on any atom is -0.309 e. The summed E-state index contributed by atoms with van der Waals surface area (Å²) < 4.78 is 3.06. The Morgan fingerprint density at radius 3 is 2.62 bits per heavy atom. The predicted octanol–water partition coefficient (Wildman–Crippen LogP) is 4.13. The minimum absolute atomic E-state index is 0.165. The molecule has 0 bridgehead atoms. The van der Waals surface area contributed by atoms with Crippen molar-refractivity contribution in [1.82, 2.24) is 15.1 Å². The molecule has 1 N–H and O–H groups in total. The maximum atomic E-state index is 4.37. The van der Waals surface area contributed by atoms with Crippen LogP contribution < -0.4 is 5.32 Å². The van der Waals surface area contributed by atoms with Crippen LogP contribution in [0.15, 0.2) is 53.3 Å². The summed E-state index contributed by atoms with van der Waals surface area (Å²) >= 11 is 3.52. The summed E-state index contributed by atoms with van der Waals surface area (Å²) in [4.78, 5) is 0. The van der Waals surface area contributed by atoms with E-state index >= 15 is 0 Å². The summed E-state index contributed by atoms with van der Waals surface area (Å²) in [5.74, 6) is 0. The van der Waals surface area contributed by atoms with Gasteiger partial charge in [0.05, 0.1) is 12.2 Å². The molecule has 2 aromatic carbocycles. The third kappa shape index (κ3) is 2.87. The van der Waals surface area contributed by atoms with Crippen molar-refractivity contribution in [3.63, 3.8) is 0 Å². The lowest BCUT2D eigenvalue weighted by Gasteiger charge is -2.16. The average Bonchev–Trinajstić information content (AvgIpc) is 2.97. The molecule has 0 fully saturated rings. The zero-order valence-electron chi connectivity index (χ0n) is 12.2. The SMILES string of the molecule is CCn1cc(C(NC)c2ccc3cc(Br)ccc3c2)cn1. The predicted molar refractivity (Wildman–Crippen MR) is 90.5 cm³/mol. The molecule has 1 heterocycles. The standard InChI is InChI=1S/C17H18BrN3/c1-3-21-11-15(10-20-21)17(19-2)14-5-4-13-9-16(18)7-6-12(13)8-14/h4-11,17,19H,3H2,1-2H3. The Balaban J connectivity index is 2.02. The largest absolute Gasteiger partial charge is 0.309 e. The summed E-state index contributed by atoms with van der Waals surface area (Å²) in [6.45, 7) is 2.99. The molecule has 0 aliphatic heterocycles. The van der Waals surface area contributed by atoms with E-state index in [1.54, 1.807) is 0 Å². The molecule has 3 rings (SSSR count). The number of nitrogens with one attached hydrogen (secondary N) is 1. The molecule has 0 amide bonds. The summed E-state index contributed by atoms with van der Waals surface area (Å²) in [5, 5.41) is 10.3. The van der Waals surface area contributed by atoms with Gasteiger partial charge >= 0.3 is 0 Å². The molecule has 108 valence electrons. The first-order valence-corrected chi connectivity index (χ1v) is 7.89. The normalized spacial score (nSPS) is 12.7. The van der Waals surface area contributed by atoms with Crippen LogP contribution in [-0.4, -0.2) is 16.8 Å². The van der Waals surface area contributed by atoms with Gasteiger partial charge in [-0.1, -0.05) is 34.1 Å². The van der Waals surface area contributed by atoms with Gasteiger partial charge in [-0.25, -0.2) is 0 Å². The van der Waals surface area contributed by atoms with Crippen molar-refractivity contribution in [2.75, 3.05) is 7.05 Å². The van der Waals surface area contributed by atoms with Crippen LogP contribution in [0, 0.1) is 0 Å². The molecule has 3 nitrogen and oxygen atoms in total. The number of hydrogen-bond acceptors (Lipinski definition) is 2. The van der Waals surface area contributed by atoms with Crippen LogP contribution in [0.2, 0.25) is 0 Å². The van der Waals surface area contributed by atoms with Crippen LogP contribution in [0.5, 0.6) is 0 Å². The topological polar surface area (TPSA) is 29.9 Å². The van der Waals surface area contributed by atoms with Crippen molar-refractivity contribution in [3.8, 4) is 0 Å². The molecular formula is C17H18BrN3. The number of nitrogens with zero attached hydrogens (tertiary/aromatic N) is 2. The molecule has 4 heteroatoms. The van der Waals surface area contributed by atoms with Gasteiger partial charge in [0.15, 0.2) is 0 Å². The average molecular weight is 344 g/mol. The summed E-state index contributed by atoms with van der Waals surface area (Å²) in [7, 11) is 1.99. The van der Waals surface area contributed by atoms with Gasteiger partial charge in [-0.2, -0.15) is 5.10 Å². The first-order chi connectivity index (χ1) is 10.2. The van der Waals surface area contributed by atoms with E-state index in [2.05, 4.69) is 75.9 Å². The Bertz CT molecular complexity index is 764. The number of benzene rings is 2. The first-order valence-electron chi connectivity index (χ1n) is 7.10. The Morgan fingerprint density at radius 2 is 1.90 bits per heavy atom. The van der Waals surface area contributed by atoms with Crippen molar-refractivity contribution >= 4 is 26.7 Å². The Labute approximate surface area is 133 Å². The number of aryl methyl sites for hydroxylation is 1. The molecule has 21 heavy (non-hydrogen) atoms. The Kier molecular flexibility index (Phi) is 4.08. The van der Waals surface area contributed by atoms with Crippen molar-refractivity contribution in [2.24, 2.45) is 0 Å². The number of rotatable bonds is 4. The molecule has 0 spiro atoms. The highest BCUT2D eigenvalue weighted by Gasteiger charge is 2.14. The van der Waals surface area contributed by atoms with E-state index in [-0.39, 0.29) is 6.04 Å². The van der Waals surface area contributed by atoms with E-state index in [1.165, 1.54) is 21.9 Å². The second kappa shape index (κ2) is 6.00. The van der Waals surface area contributed by atoms with Crippen LogP contribution in [0.25, 0.3) is 10.8 Å². The molecule has 0 saturated carbocycles. The third-order valence-electron chi connectivity index (χ3n) is 3.76. The van der Waals surface area contributed by atoms with E-state index in [0.717, 1.165) is 11.0 Å². The number of aromatic nitrogens is 2. The van der Waals surface area contributed by atoms with Gasteiger partial charge in [0.1, 0.15) is 0 Å². The molecule has 1 unspecified atom stereocenters. The highest BCUT2D eigenvalue weighted by atomic mass is 79.9. The lowest BCUT2D eigenvalue weighted by atomic mass is 9.98. The van der Waals surface area contributed by atoms with Crippen LogP contribution in [0.4, 0.5) is 0 Å². The van der Waals surface area contributed by atoms with Gasteiger partial charge in [0.25, 0.3) is 0 Å². The van der Waals surface area contributed by atoms with Gasteiger partial charge in [-0.05, 0) is 48.5 Å². The zero-order valence-corrected chi connectivity index (χ0v) is 13.8. The second-order valence-electron chi connectivity index (χ2n) is 5.10. The lowest BCUT2D eigenvalue weighted by Crippen LogP contribution is -2.17. The fraction of sp³-hybridized carbons (Fsp3) is 0.235. The van der Waals surface area contributed by atoms with E-state index in [4.69, 9.17) is 0 Å². The van der Waals surface area contributed by atoms with E-state index in [0.29, 0.717) is 0 Å². The smallest absolute Gasteiger partial charge is 0.0605 e. The zero-order chi connectivity index (χ0) is 14.8. The highest BCUT2D eigenvalue weighted by Crippen LogP contribution is 2.26. The van der Waals surface area contributed by atoms with Crippen molar-refractivity contribution < 1.29 is 0 Å². The number of fused-ring (bicyclic) bond motifs is 1. The van der Waals surface area contributed by atoms with E-state index < -0.39 is 0 Å². The molecule has 3 aromatic rings. The molecule has 0 aliphatic rings. The molecule has 1 atom stereocenters. The van der Waals surface area contributed by atoms with Crippen LogP contribution in [-0.2, 0) is 6.54 Å². The molecule has 0 aliphatic carbocycles. The van der Waals surface area contributed by atoms with Crippen LogP contribution >= 0.6 is 15.9 Å². The van der Waals surface area contributed by atoms with Gasteiger partial charge < -0.3 is 5.32 Å². The molecular weight excluding hydrogens is 326 g/mol. The summed E-state index contributed by atoms with van der Waals surface area (Å²) in [5.41, 5.74) is 2.44. The van der Waals surface area contributed by atoms with Crippen molar-refractivity contribution in [3.05, 3.63) is 64.4 Å². The maximum Gasteiger partial charge on any atom is 0.0605 e. The Hall–Kier alpha value is -1.65. The van der Waals surface area contributed by atoms with Gasteiger partial charge in [-0.3, -0.25) is 4.68 Å². The lowest BCUT2D eigenvalue weighted by molar-refractivity contribution is 0.653.